The largest absolute Gasteiger partial charge is 0.444 e. The molecule has 0 aliphatic carbocycles. The fourth-order valence-corrected chi connectivity index (χ4v) is 4.24. The molecule has 3 aromatic carbocycles. The third kappa shape index (κ3) is 6.62. The molecule has 37 heavy (non-hydrogen) atoms. The minimum atomic E-state index is -4.87. The van der Waals surface area contributed by atoms with Gasteiger partial charge >= 0.3 is 12.1 Å². The topological polar surface area (TPSA) is 133 Å². The van der Waals surface area contributed by atoms with E-state index in [2.05, 4.69) is 5.32 Å². The Labute approximate surface area is 212 Å². The molecule has 3 rings (SSSR count). The van der Waals surface area contributed by atoms with Crippen LogP contribution in [0, 0.1) is 10.1 Å². The number of alkyl halides is 3. The lowest BCUT2D eigenvalue weighted by atomic mass is 10.1. The summed E-state index contributed by atoms with van der Waals surface area (Å²) < 4.78 is 69.3. The van der Waals surface area contributed by atoms with E-state index in [0.29, 0.717) is 12.1 Å². The van der Waals surface area contributed by atoms with Crippen molar-refractivity contribution in [2.75, 3.05) is 11.6 Å². The third-order valence-electron chi connectivity index (χ3n) is 4.90. The lowest BCUT2D eigenvalue weighted by molar-refractivity contribution is -0.387. The van der Waals surface area contributed by atoms with Gasteiger partial charge in [-0.15, -0.1) is 0 Å². The maximum absolute atomic E-state index is 13.5. The number of nitrogens with one attached hydrogen (secondary N) is 1. The number of anilines is 1. The minimum absolute atomic E-state index is 0.0816. The summed E-state index contributed by atoms with van der Waals surface area (Å²) >= 11 is 5.66. The molecule has 1 amide bonds. The summed E-state index contributed by atoms with van der Waals surface area (Å²) in [7, 11) is -4.01. The van der Waals surface area contributed by atoms with Crippen LogP contribution in [0.15, 0.2) is 71.6 Å². The molecule has 0 aliphatic heterocycles. The van der Waals surface area contributed by atoms with Gasteiger partial charge in [-0.05, 0) is 30.3 Å². The molecule has 0 radical (unpaired) electrons. The molecule has 194 valence electrons. The summed E-state index contributed by atoms with van der Waals surface area (Å²) in [6.07, 6.45) is -5.90. The number of amides is 1. The van der Waals surface area contributed by atoms with Gasteiger partial charge in [0.25, 0.3) is 11.6 Å². The lowest BCUT2D eigenvalue weighted by Crippen LogP contribution is -2.27. The summed E-state index contributed by atoms with van der Waals surface area (Å²) in [5, 5.41) is 13.2. The highest BCUT2D eigenvalue weighted by Gasteiger charge is 2.36. The number of hydrogen-bond donors (Lipinski definition) is 1. The Balaban J connectivity index is 1.98. The number of carbonyl (C=O) groups is 2. The van der Waals surface area contributed by atoms with Gasteiger partial charge in [-0.2, -0.15) is 13.2 Å². The van der Waals surface area contributed by atoms with Gasteiger partial charge in [-0.3, -0.25) is 14.9 Å². The number of nitro groups is 1. The van der Waals surface area contributed by atoms with Crippen molar-refractivity contribution in [2.24, 2.45) is 0 Å². The van der Waals surface area contributed by atoms with Crippen molar-refractivity contribution in [3.8, 4) is 0 Å². The van der Waals surface area contributed by atoms with Gasteiger partial charge in [-0.25, -0.2) is 13.2 Å². The molecule has 0 heterocycles. The van der Waals surface area contributed by atoms with Crippen LogP contribution in [0.5, 0.6) is 0 Å². The highest BCUT2D eigenvalue weighted by atomic mass is 35.5. The maximum atomic E-state index is 13.5. The van der Waals surface area contributed by atoms with Crippen molar-refractivity contribution in [1.82, 2.24) is 0 Å². The van der Waals surface area contributed by atoms with E-state index in [9.17, 15) is 41.3 Å². The Morgan fingerprint density at radius 2 is 1.70 bits per heavy atom. The molecule has 1 N–H and O–H groups in total. The number of nitrogens with zero attached hydrogens (tertiary/aromatic N) is 1. The summed E-state index contributed by atoms with van der Waals surface area (Å²) in [5.41, 5.74) is -3.16. The van der Waals surface area contributed by atoms with E-state index in [1.54, 1.807) is 6.07 Å². The number of esters is 1. The number of halogens is 4. The second kappa shape index (κ2) is 10.6. The number of sulfone groups is 1. The maximum Gasteiger partial charge on any atom is 0.418 e. The van der Waals surface area contributed by atoms with Crippen LogP contribution in [0.2, 0.25) is 5.02 Å². The number of rotatable bonds is 7. The molecule has 0 aliphatic rings. The zero-order valence-electron chi connectivity index (χ0n) is 18.7. The van der Waals surface area contributed by atoms with Gasteiger partial charge in [0.2, 0.25) is 6.10 Å². The molecular weight excluding hydrogens is 541 g/mol. The lowest BCUT2D eigenvalue weighted by Gasteiger charge is -2.20. The van der Waals surface area contributed by atoms with E-state index in [1.165, 1.54) is 24.3 Å². The Morgan fingerprint density at radius 1 is 1.05 bits per heavy atom. The standard InChI is InChI=1S/C23H16ClF3N2O7S/c1-37(34,35)19-10-7-14(11-18(19)29(32)33)22(31)36-20(13-5-3-2-4-6-13)21(30)28-17-9-8-15(24)12-16(17)23(25,26)27/h2-12,20H,1H3,(H,28,30)/t20-/m1/s1. The average molecular weight is 557 g/mol. The monoisotopic (exact) mass is 556 g/mol. The van der Waals surface area contributed by atoms with Crippen molar-refractivity contribution >= 4 is 44.7 Å². The normalized spacial score (nSPS) is 12.5. The highest BCUT2D eigenvalue weighted by Crippen LogP contribution is 2.37. The number of hydrogen-bond acceptors (Lipinski definition) is 7. The average Bonchev–Trinajstić information content (AvgIpc) is 2.82. The molecular formula is C23H16ClF3N2O7S. The van der Waals surface area contributed by atoms with Crippen LogP contribution in [0.25, 0.3) is 0 Å². The Bertz CT molecular complexity index is 1480. The predicted molar refractivity (Wildman–Crippen MR) is 126 cm³/mol. The van der Waals surface area contributed by atoms with Crippen molar-refractivity contribution in [3.63, 3.8) is 0 Å². The van der Waals surface area contributed by atoms with E-state index in [1.807, 2.05) is 0 Å². The number of nitro benzene ring substituents is 1. The van der Waals surface area contributed by atoms with Crippen LogP contribution in [-0.4, -0.2) is 31.5 Å². The fraction of sp³-hybridized carbons (Fsp3) is 0.130. The second-order valence-corrected chi connectivity index (χ2v) is 10.0. The first-order chi connectivity index (χ1) is 17.2. The number of benzene rings is 3. The quantitative estimate of drug-likeness (QED) is 0.240. The molecule has 14 heteroatoms. The summed E-state index contributed by atoms with van der Waals surface area (Å²) in [6.45, 7) is 0. The van der Waals surface area contributed by atoms with Gasteiger partial charge in [0.1, 0.15) is 4.90 Å². The van der Waals surface area contributed by atoms with Crippen LogP contribution in [0.3, 0.4) is 0 Å². The van der Waals surface area contributed by atoms with Crippen LogP contribution in [-0.2, 0) is 25.5 Å². The van der Waals surface area contributed by atoms with Crippen LogP contribution >= 0.6 is 11.6 Å². The smallest absolute Gasteiger partial charge is 0.418 e. The van der Waals surface area contributed by atoms with Gasteiger partial charge in [0, 0.05) is 22.9 Å². The van der Waals surface area contributed by atoms with Gasteiger partial charge < -0.3 is 10.1 Å². The summed E-state index contributed by atoms with van der Waals surface area (Å²) in [6, 6.07) is 12.4. The molecule has 0 aromatic heterocycles. The summed E-state index contributed by atoms with van der Waals surface area (Å²) in [5.74, 6) is -2.42. The molecule has 9 nitrogen and oxygen atoms in total. The molecule has 1 atom stereocenters. The first-order valence-corrected chi connectivity index (χ1v) is 12.4. The molecule has 0 bridgehead atoms. The molecule has 0 unspecified atom stereocenters. The SMILES string of the molecule is CS(=O)(=O)c1ccc(C(=O)O[C@@H](C(=O)Nc2ccc(Cl)cc2C(F)(F)F)c2ccccc2)cc1[N+](=O)[O-]. The molecule has 0 spiro atoms. The number of carbonyl (C=O) groups excluding carboxylic acids is 2. The van der Waals surface area contributed by atoms with E-state index < -0.39 is 66.3 Å². The first kappa shape index (κ1) is 27.6. The van der Waals surface area contributed by atoms with Crippen LogP contribution in [0.4, 0.5) is 24.5 Å². The number of ether oxygens (including phenoxy) is 1. The Morgan fingerprint density at radius 3 is 2.27 bits per heavy atom. The van der Waals surface area contributed by atoms with Crippen LogP contribution < -0.4 is 5.32 Å². The fourth-order valence-electron chi connectivity index (χ4n) is 3.23. The minimum Gasteiger partial charge on any atom is -0.444 e. The second-order valence-electron chi connectivity index (χ2n) is 7.58. The predicted octanol–water partition coefficient (Wildman–Crippen LogP) is 5.21. The van der Waals surface area contributed by atoms with E-state index in [0.717, 1.165) is 30.5 Å². The van der Waals surface area contributed by atoms with Crippen LogP contribution in [0.1, 0.15) is 27.6 Å². The first-order valence-electron chi connectivity index (χ1n) is 10.1. The van der Waals surface area contributed by atoms with Gasteiger partial charge in [0.05, 0.1) is 21.7 Å². The van der Waals surface area contributed by atoms with E-state index in [-0.39, 0.29) is 10.6 Å². The van der Waals surface area contributed by atoms with Crippen molar-refractivity contribution in [1.29, 1.82) is 0 Å². The van der Waals surface area contributed by atoms with Crippen molar-refractivity contribution in [3.05, 3.63) is 98.6 Å². The zero-order chi connectivity index (χ0) is 27.5. The van der Waals surface area contributed by atoms with Crippen molar-refractivity contribution < 1.29 is 40.8 Å². The Hall–Kier alpha value is -3.97. The third-order valence-corrected chi connectivity index (χ3v) is 6.28. The highest BCUT2D eigenvalue weighted by molar-refractivity contribution is 7.90. The van der Waals surface area contributed by atoms with E-state index in [4.69, 9.17) is 16.3 Å². The molecule has 0 saturated carbocycles. The van der Waals surface area contributed by atoms with Gasteiger partial charge in [0.15, 0.2) is 9.84 Å². The molecule has 0 saturated heterocycles. The van der Waals surface area contributed by atoms with E-state index >= 15 is 0 Å². The summed E-state index contributed by atoms with van der Waals surface area (Å²) in [4.78, 5) is 35.6. The van der Waals surface area contributed by atoms with Gasteiger partial charge in [-0.1, -0.05) is 41.9 Å². The molecule has 3 aromatic rings. The Kier molecular flexibility index (Phi) is 7.88. The zero-order valence-corrected chi connectivity index (χ0v) is 20.2. The molecule has 0 fully saturated rings. The van der Waals surface area contributed by atoms with Crippen molar-refractivity contribution in [2.45, 2.75) is 17.2 Å².